The number of phosphoric ester groups is 1. The van der Waals surface area contributed by atoms with E-state index in [-0.39, 0.29) is 32.0 Å². The molecule has 0 N–H and O–H groups in total. The zero-order chi connectivity index (χ0) is 57.7. The van der Waals surface area contributed by atoms with Crippen molar-refractivity contribution in [2.75, 3.05) is 47.5 Å². The highest BCUT2D eigenvalue weighted by molar-refractivity contribution is 7.45. The van der Waals surface area contributed by atoms with E-state index >= 15 is 0 Å². The fourth-order valence-electron chi connectivity index (χ4n) is 8.91. The standard InChI is InChI=1S/C69H122NO8P/c1-6-8-10-12-14-16-18-20-22-24-26-28-29-30-31-32-33-34-35-36-37-38-39-40-41-42-44-46-48-50-52-54-56-58-60-62-69(72)78-67(66-77-79(73,74)76-64-63-70(3,4)5)65-75-68(71)61-59-57-55-53-51-49-47-45-43-27-25-23-21-19-17-15-13-11-9-7-2/h8,10,14,16,20,22,26,28,30-31,33-34,36-37,39-40,67H,6-7,9,11-13,15,17-19,21,23-25,27,29,32,35,38,41-66H2,1-5H3/b10-8-,16-14-,22-20-,28-26-,31-30-,34-33-,37-36-,40-39-. The second-order valence-electron chi connectivity index (χ2n) is 22.8. The highest BCUT2D eigenvalue weighted by atomic mass is 31.2. The molecule has 0 rings (SSSR count). The fourth-order valence-corrected chi connectivity index (χ4v) is 9.64. The molecular formula is C69H122NO8P. The van der Waals surface area contributed by atoms with Crippen LogP contribution in [0.25, 0.3) is 0 Å². The molecule has 0 saturated carbocycles. The number of rotatable bonds is 59. The predicted molar refractivity (Wildman–Crippen MR) is 337 cm³/mol. The molecule has 10 heteroatoms. The Bertz CT molecular complexity index is 1650. The molecule has 0 amide bonds. The number of carbonyl (C=O) groups excluding carboxylic acids is 2. The molecule has 2 atom stereocenters. The molecule has 0 bridgehead atoms. The highest BCUT2D eigenvalue weighted by Gasteiger charge is 2.22. The van der Waals surface area contributed by atoms with Crippen LogP contribution in [0.2, 0.25) is 0 Å². The van der Waals surface area contributed by atoms with Gasteiger partial charge in [-0.05, 0) is 77.0 Å². The summed E-state index contributed by atoms with van der Waals surface area (Å²) in [6, 6.07) is 0. The van der Waals surface area contributed by atoms with Crippen molar-refractivity contribution in [2.45, 2.75) is 283 Å². The molecule has 0 aliphatic rings. The van der Waals surface area contributed by atoms with Crippen LogP contribution in [0.5, 0.6) is 0 Å². The van der Waals surface area contributed by atoms with Gasteiger partial charge in [0.1, 0.15) is 19.8 Å². The average Bonchev–Trinajstić information content (AvgIpc) is 3.41. The SMILES string of the molecule is CC/C=C\C/C=C\C/C=C\C/C=C\C/C=C\C/C=C\C/C=C\C/C=C\CCCCCCCCCCCCC(=O)OC(COC(=O)CCCCCCCCCCCCCCCCCCCCCC)COP(=O)([O-])OCC[N+](C)(C)C. The summed E-state index contributed by atoms with van der Waals surface area (Å²) in [5.74, 6) is -0.832. The van der Waals surface area contributed by atoms with E-state index in [1.807, 2.05) is 21.1 Å². The molecule has 9 nitrogen and oxygen atoms in total. The maximum absolute atomic E-state index is 12.8. The Balaban J connectivity index is 4.11. The van der Waals surface area contributed by atoms with Gasteiger partial charge in [0.15, 0.2) is 6.10 Å². The van der Waals surface area contributed by atoms with E-state index in [4.69, 9.17) is 18.5 Å². The lowest BCUT2D eigenvalue weighted by Gasteiger charge is -2.28. The molecular weight excluding hydrogens is 1000 g/mol. The fraction of sp³-hybridized carbons (Fsp3) is 0.739. The van der Waals surface area contributed by atoms with Crippen LogP contribution < -0.4 is 4.89 Å². The lowest BCUT2D eigenvalue weighted by molar-refractivity contribution is -0.870. The van der Waals surface area contributed by atoms with Crippen LogP contribution in [0, 0.1) is 0 Å². The van der Waals surface area contributed by atoms with Crippen LogP contribution in [0.1, 0.15) is 277 Å². The number of allylic oxidation sites excluding steroid dienone is 16. The first-order chi connectivity index (χ1) is 38.5. The summed E-state index contributed by atoms with van der Waals surface area (Å²) in [7, 11) is 1.16. The second-order valence-corrected chi connectivity index (χ2v) is 24.2. The zero-order valence-electron chi connectivity index (χ0n) is 51.8. The van der Waals surface area contributed by atoms with Gasteiger partial charge in [-0.1, -0.05) is 284 Å². The smallest absolute Gasteiger partial charge is 0.306 e. The first-order valence-corrected chi connectivity index (χ1v) is 33.9. The van der Waals surface area contributed by atoms with E-state index in [1.165, 1.54) is 148 Å². The Morgan fingerprint density at radius 3 is 1.08 bits per heavy atom. The van der Waals surface area contributed by atoms with Crippen LogP contribution in [-0.4, -0.2) is 70.0 Å². The molecule has 0 radical (unpaired) electrons. The Hall–Kier alpha value is -3.07. The first-order valence-electron chi connectivity index (χ1n) is 32.4. The molecule has 0 fully saturated rings. The molecule has 0 heterocycles. The van der Waals surface area contributed by atoms with Gasteiger partial charge in [-0.15, -0.1) is 0 Å². The molecule has 0 aliphatic carbocycles. The van der Waals surface area contributed by atoms with Gasteiger partial charge >= 0.3 is 11.9 Å². The summed E-state index contributed by atoms with van der Waals surface area (Å²) in [5, 5.41) is 0. The zero-order valence-corrected chi connectivity index (χ0v) is 52.7. The van der Waals surface area contributed by atoms with Crippen LogP contribution in [-0.2, 0) is 32.7 Å². The molecule has 0 saturated heterocycles. The van der Waals surface area contributed by atoms with Crippen LogP contribution in [0.4, 0.5) is 0 Å². The van der Waals surface area contributed by atoms with Crippen molar-refractivity contribution in [3.8, 4) is 0 Å². The topological polar surface area (TPSA) is 111 Å². The van der Waals surface area contributed by atoms with Crippen molar-refractivity contribution in [3.05, 3.63) is 97.2 Å². The first kappa shape index (κ1) is 75.9. The van der Waals surface area contributed by atoms with Gasteiger partial charge < -0.3 is 27.9 Å². The number of hydrogen-bond donors (Lipinski definition) is 0. The molecule has 0 spiro atoms. The maximum Gasteiger partial charge on any atom is 0.306 e. The molecule has 0 aromatic heterocycles. The Morgan fingerprint density at radius 1 is 0.405 bits per heavy atom. The van der Waals surface area contributed by atoms with E-state index in [9.17, 15) is 19.0 Å². The number of likely N-dealkylation sites (N-methyl/N-ethyl adjacent to an activating group) is 1. The van der Waals surface area contributed by atoms with Gasteiger partial charge in [-0.3, -0.25) is 14.2 Å². The molecule has 0 aliphatic heterocycles. The summed E-state index contributed by atoms with van der Waals surface area (Å²) in [6.07, 6.45) is 81.8. The van der Waals surface area contributed by atoms with Gasteiger partial charge in [0.05, 0.1) is 27.7 Å². The summed E-state index contributed by atoms with van der Waals surface area (Å²) in [6.45, 7) is 4.15. The summed E-state index contributed by atoms with van der Waals surface area (Å²) >= 11 is 0. The lowest BCUT2D eigenvalue weighted by atomic mass is 10.0. The van der Waals surface area contributed by atoms with Crippen LogP contribution >= 0.6 is 7.82 Å². The molecule has 456 valence electrons. The maximum atomic E-state index is 12.8. The third-order valence-electron chi connectivity index (χ3n) is 13.9. The van der Waals surface area contributed by atoms with E-state index < -0.39 is 26.5 Å². The molecule has 0 aromatic rings. The summed E-state index contributed by atoms with van der Waals surface area (Å²) < 4.78 is 34.2. The minimum atomic E-state index is -4.64. The van der Waals surface area contributed by atoms with Crippen LogP contribution in [0.15, 0.2) is 97.2 Å². The number of phosphoric acid groups is 1. The van der Waals surface area contributed by atoms with Crippen molar-refractivity contribution >= 4 is 19.8 Å². The third-order valence-corrected chi connectivity index (χ3v) is 14.8. The quantitative estimate of drug-likeness (QED) is 0.0195. The second kappa shape index (κ2) is 59.5. The molecule has 79 heavy (non-hydrogen) atoms. The Kier molecular flexibility index (Phi) is 57.2. The lowest BCUT2D eigenvalue weighted by Crippen LogP contribution is -2.37. The highest BCUT2D eigenvalue weighted by Crippen LogP contribution is 2.38. The van der Waals surface area contributed by atoms with Crippen molar-refractivity contribution in [2.24, 2.45) is 0 Å². The number of carbonyl (C=O) groups is 2. The largest absolute Gasteiger partial charge is 0.756 e. The molecule has 2 unspecified atom stereocenters. The average molecular weight is 1120 g/mol. The summed E-state index contributed by atoms with van der Waals surface area (Å²) in [4.78, 5) is 38.0. The minimum Gasteiger partial charge on any atom is -0.756 e. The van der Waals surface area contributed by atoms with Crippen molar-refractivity contribution < 1.29 is 42.1 Å². The van der Waals surface area contributed by atoms with Gasteiger partial charge in [0.25, 0.3) is 7.82 Å². The summed E-state index contributed by atoms with van der Waals surface area (Å²) in [5.41, 5.74) is 0. The molecule has 0 aromatic carbocycles. The number of quaternary nitrogens is 1. The number of unbranched alkanes of at least 4 members (excludes halogenated alkanes) is 29. The number of hydrogen-bond acceptors (Lipinski definition) is 8. The predicted octanol–water partition coefficient (Wildman–Crippen LogP) is 20.1. The van der Waals surface area contributed by atoms with E-state index in [2.05, 4.69) is 111 Å². The van der Waals surface area contributed by atoms with Crippen molar-refractivity contribution in [3.63, 3.8) is 0 Å². The van der Waals surface area contributed by atoms with Crippen molar-refractivity contribution in [1.82, 2.24) is 0 Å². The third kappa shape index (κ3) is 64.0. The van der Waals surface area contributed by atoms with E-state index in [1.54, 1.807) is 0 Å². The van der Waals surface area contributed by atoms with Gasteiger partial charge in [-0.2, -0.15) is 0 Å². The van der Waals surface area contributed by atoms with Crippen LogP contribution in [0.3, 0.4) is 0 Å². The van der Waals surface area contributed by atoms with Gasteiger partial charge in [-0.25, -0.2) is 0 Å². The number of nitrogens with zero attached hydrogens (tertiary/aromatic N) is 1. The Labute approximate surface area is 487 Å². The van der Waals surface area contributed by atoms with Gasteiger partial charge in [0.2, 0.25) is 0 Å². The normalized spacial score (nSPS) is 13.8. The number of esters is 2. The monoisotopic (exact) mass is 1120 g/mol. The van der Waals surface area contributed by atoms with Crippen molar-refractivity contribution in [1.29, 1.82) is 0 Å². The van der Waals surface area contributed by atoms with E-state index in [0.29, 0.717) is 17.4 Å². The Morgan fingerprint density at radius 2 is 0.722 bits per heavy atom. The van der Waals surface area contributed by atoms with E-state index in [0.717, 1.165) is 96.3 Å². The minimum absolute atomic E-state index is 0.0339. The van der Waals surface area contributed by atoms with Gasteiger partial charge in [0, 0.05) is 12.8 Å². The number of ether oxygens (including phenoxy) is 2.